The molecule has 0 radical (unpaired) electrons. The molecule has 19 heavy (non-hydrogen) atoms. The van der Waals surface area contributed by atoms with E-state index in [-0.39, 0.29) is 18.0 Å². The largest absolute Gasteiger partial charge is 0.416 e. The molecule has 1 aliphatic heterocycles. The molecule has 0 aliphatic carbocycles. The summed E-state index contributed by atoms with van der Waals surface area (Å²) in [6.07, 6.45) is -2.71. The maximum atomic E-state index is 12.6. The molecule has 0 unspecified atom stereocenters. The summed E-state index contributed by atoms with van der Waals surface area (Å²) in [6, 6.07) is 4.64. The molecule has 6 heteroatoms. The third kappa shape index (κ3) is 2.94. The van der Waals surface area contributed by atoms with Crippen molar-refractivity contribution in [1.82, 2.24) is 0 Å². The Labute approximate surface area is 108 Å². The van der Waals surface area contributed by atoms with E-state index in [1.165, 1.54) is 12.1 Å². The summed E-state index contributed by atoms with van der Waals surface area (Å²) in [6.45, 7) is 1.96. The van der Waals surface area contributed by atoms with Gasteiger partial charge in [0.25, 0.3) is 5.91 Å². The summed E-state index contributed by atoms with van der Waals surface area (Å²) in [5, 5.41) is 5.14. The van der Waals surface area contributed by atoms with E-state index in [9.17, 15) is 18.0 Å². The smallest absolute Gasteiger partial charge is 0.272 e. The Morgan fingerprint density at radius 3 is 2.74 bits per heavy atom. The average molecular weight is 270 g/mol. The molecule has 2 rings (SSSR count). The van der Waals surface area contributed by atoms with E-state index in [1.54, 1.807) is 0 Å². The first-order valence-electron chi connectivity index (χ1n) is 5.98. The summed E-state index contributed by atoms with van der Waals surface area (Å²) >= 11 is 0. The van der Waals surface area contributed by atoms with E-state index in [2.05, 4.69) is 5.10 Å². The first kappa shape index (κ1) is 13.6. The van der Waals surface area contributed by atoms with E-state index in [1.807, 2.05) is 6.92 Å². The molecule has 0 N–H and O–H groups in total. The van der Waals surface area contributed by atoms with Crippen LogP contribution in [0.4, 0.5) is 18.9 Å². The number of hydrogen-bond acceptors (Lipinski definition) is 2. The van der Waals surface area contributed by atoms with Gasteiger partial charge >= 0.3 is 6.18 Å². The minimum atomic E-state index is -4.42. The number of hydrazone groups is 1. The Hall–Kier alpha value is -1.85. The Kier molecular flexibility index (Phi) is 3.59. The fourth-order valence-corrected chi connectivity index (χ4v) is 1.92. The molecule has 0 bridgehead atoms. The zero-order valence-electron chi connectivity index (χ0n) is 10.4. The van der Waals surface area contributed by atoms with Crippen molar-refractivity contribution >= 4 is 17.3 Å². The van der Waals surface area contributed by atoms with E-state index in [0.717, 1.165) is 23.6 Å². The van der Waals surface area contributed by atoms with Crippen molar-refractivity contribution in [2.45, 2.75) is 32.4 Å². The number of benzene rings is 1. The number of carbonyl (C=O) groups is 1. The van der Waals surface area contributed by atoms with Crippen LogP contribution < -0.4 is 5.01 Å². The van der Waals surface area contributed by atoms with Crippen LogP contribution in [-0.2, 0) is 11.0 Å². The van der Waals surface area contributed by atoms with Gasteiger partial charge in [0.1, 0.15) is 0 Å². The molecule has 1 aromatic carbocycles. The van der Waals surface area contributed by atoms with Crippen molar-refractivity contribution in [2.75, 3.05) is 5.01 Å². The molecule has 1 amide bonds. The lowest BCUT2D eigenvalue weighted by molar-refractivity contribution is -0.137. The Morgan fingerprint density at radius 2 is 2.11 bits per heavy atom. The molecule has 1 aromatic rings. The van der Waals surface area contributed by atoms with Gasteiger partial charge in [-0.05, 0) is 24.6 Å². The van der Waals surface area contributed by atoms with Crippen LogP contribution in [0.25, 0.3) is 0 Å². The first-order valence-corrected chi connectivity index (χ1v) is 5.98. The van der Waals surface area contributed by atoms with Gasteiger partial charge in [-0.2, -0.15) is 18.3 Å². The quantitative estimate of drug-likeness (QED) is 0.826. The number of carbonyl (C=O) groups excluding carboxylic acids is 1. The zero-order valence-corrected chi connectivity index (χ0v) is 10.4. The van der Waals surface area contributed by atoms with Gasteiger partial charge in [-0.3, -0.25) is 4.79 Å². The summed E-state index contributed by atoms with van der Waals surface area (Å²) in [5.41, 5.74) is 0.0905. The lowest BCUT2D eigenvalue weighted by Gasteiger charge is -2.14. The topological polar surface area (TPSA) is 32.7 Å². The van der Waals surface area contributed by atoms with Crippen LogP contribution in [0.5, 0.6) is 0 Å². The predicted molar refractivity (Wildman–Crippen MR) is 65.9 cm³/mol. The number of nitrogens with zero attached hydrogens (tertiary/aromatic N) is 2. The van der Waals surface area contributed by atoms with Gasteiger partial charge in [-0.1, -0.05) is 19.4 Å². The first-order chi connectivity index (χ1) is 8.91. The monoisotopic (exact) mass is 270 g/mol. The normalized spacial score (nSPS) is 15.9. The second kappa shape index (κ2) is 5.03. The van der Waals surface area contributed by atoms with Crippen LogP contribution in [0, 0.1) is 0 Å². The third-order valence-corrected chi connectivity index (χ3v) is 2.79. The summed E-state index contributed by atoms with van der Waals surface area (Å²) in [7, 11) is 0. The Bertz CT molecular complexity index is 523. The van der Waals surface area contributed by atoms with Crippen molar-refractivity contribution in [1.29, 1.82) is 0 Å². The molecule has 1 aliphatic rings. The highest BCUT2D eigenvalue weighted by atomic mass is 19.4. The molecule has 0 fully saturated rings. The van der Waals surface area contributed by atoms with Crippen LogP contribution >= 0.6 is 0 Å². The zero-order chi connectivity index (χ0) is 14.0. The van der Waals surface area contributed by atoms with Crippen LogP contribution in [0.2, 0.25) is 0 Å². The maximum absolute atomic E-state index is 12.6. The van der Waals surface area contributed by atoms with Crippen molar-refractivity contribution in [2.24, 2.45) is 5.10 Å². The molecule has 0 aromatic heterocycles. The van der Waals surface area contributed by atoms with Crippen LogP contribution in [0.3, 0.4) is 0 Å². The van der Waals surface area contributed by atoms with E-state index >= 15 is 0 Å². The number of alkyl halides is 3. The minimum absolute atomic E-state index is 0.158. The molecule has 3 nitrogen and oxygen atoms in total. The number of amides is 1. The van der Waals surface area contributed by atoms with Gasteiger partial charge in [0.15, 0.2) is 0 Å². The number of hydrogen-bond donors (Lipinski definition) is 0. The molecule has 0 saturated heterocycles. The summed E-state index contributed by atoms with van der Waals surface area (Å²) in [5.74, 6) is -0.289. The Balaban J connectivity index is 2.30. The lowest BCUT2D eigenvalue weighted by Crippen LogP contribution is -2.20. The van der Waals surface area contributed by atoms with E-state index in [0.29, 0.717) is 12.1 Å². The lowest BCUT2D eigenvalue weighted by atomic mass is 10.1. The van der Waals surface area contributed by atoms with Crippen LogP contribution in [0.15, 0.2) is 29.4 Å². The van der Waals surface area contributed by atoms with E-state index in [4.69, 9.17) is 0 Å². The highest BCUT2D eigenvalue weighted by molar-refractivity contribution is 6.12. The molecular formula is C13H13F3N2O. The molecule has 0 atom stereocenters. The third-order valence-electron chi connectivity index (χ3n) is 2.79. The fraction of sp³-hybridized carbons (Fsp3) is 0.385. The second-order valence-corrected chi connectivity index (χ2v) is 4.35. The molecule has 102 valence electrons. The molecular weight excluding hydrogens is 257 g/mol. The number of rotatable bonds is 3. The number of anilines is 1. The van der Waals surface area contributed by atoms with Gasteiger partial charge in [0.05, 0.1) is 17.7 Å². The molecule has 1 heterocycles. The summed E-state index contributed by atoms with van der Waals surface area (Å²) in [4.78, 5) is 11.8. The number of halogens is 3. The minimum Gasteiger partial charge on any atom is -0.272 e. The second-order valence-electron chi connectivity index (χ2n) is 4.35. The van der Waals surface area contributed by atoms with Crippen LogP contribution in [0.1, 0.15) is 31.7 Å². The Morgan fingerprint density at radius 1 is 1.37 bits per heavy atom. The van der Waals surface area contributed by atoms with Gasteiger partial charge < -0.3 is 0 Å². The highest BCUT2D eigenvalue weighted by Gasteiger charge is 2.32. The van der Waals surface area contributed by atoms with Gasteiger partial charge in [-0.15, -0.1) is 0 Å². The van der Waals surface area contributed by atoms with Gasteiger partial charge in [-0.25, -0.2) is 5.01 Å². The highest BCUT2D eigenvalue weighted by Crippen LogP contribution is 2.32. The van der Waals surface area contributed by atoms with Gasteiger partial charge in [0, 0.05) is 5.71 Å². The van der Waals surface area contributed by atoms with Crippen molar-refractivity contribution < 1.29 is 18.0 Å². The predicted octanol–water partition coefficient (Wildman–Crippen LogP) is 3.60. The van der Waals surface area contributed by atoms with Gasteiger partial charge in [0.2, 0.25) is 0 Å². The SMILES string of the molecule is CCCC1=NN(c2cccc(C(F)(F)F)c2)C(=O)C1. The molecule has 0 spiro atoms. The fourth-order valence-electron chi connectivity index (χ4n) is 1.92. The van der Waals surface area contributed by atoms with Crippen molar-refractivity contribution in [3.8, 4) is 0 Å². The van der Waals surface area contributed by atoms with Crippen molar-refractivity contribution in [3.63, 3.8) is 0 Å². The van der Waals surface area contributed by atoms with Crippen LogP contribution in [-0.4, -0.2) is 11.6 Å². The maximum Gasteiger partial charge on any atom is 0.416 e. The standard InChI is InChI=1S/C13H13F3N2O/c1-2-4-10-8-12(19)18(17-10)11-6-3-5-9(7-11)13(14,15)16/h3,5-7H,2,4,8H2,1H3. The molecule has 0 saturated carbocycles. The average Bonchev–Trinajstić information content (AvgIpc) is 2.70. The van der Waals surface area contributed by atoms with E-state index < -0.39 is 11.7 Å². The van der Waals surface area contributed by atoms with Crippen molar-refractivity contribution in [3.05, 3.63) is 29.8 Å². The summed E-state index contributed by atoms with van der Waals surface area (Å²) < 4.78 is 37.8.